The van der Waals surface area contributed by atoms with Crippen LogP contribution in [0.5, 0.6) is 0 Å². The second kappa shape index (κ2) is 3.47. The van der Waals surface area contributed by atoms with Gasteiger partial charge in [-0.25, -0.2) is 4.52 Å². The first-order valence-electron chi connectivity index (χ1n) is 5.92. The Kier molecular flexibility index (Phi) is 1.83. The number of pyridine rings is 1. The van der Waals surface area contributed by atoms with Gasteiger partial charge in [-0.2, -0.15) is 5.10 Å². The molecule has 3 nitrogen and oxygen atoms in total. The van der Waals surface area contributed by atoms with E-state index in [-0.39, 0.29) is 0 Å². The molecule has 18 heavy (non-hydrogen) atoms. The molecule has 0 atom stereocenters. The Bertz CT molecular complexity index is 839. The van der Waals surface area contributed by atoms with Gasteiger partial charge in [-0.1, -0.05) is 12.1 Å². The monoisotopic (exact) mass is 233 g/mol. The number of nitrogens with one attached hydrogen (secondary N) is 1. The number of fused-ring (bicyclic) bond motifs is 2. The van der Waals surface area contributed by atoms with Gasteiger partial charge in [-0.05, 0) is 41.5 Å². The zero-order valence-corrected chi connectivity index (χ0v) is 9.67. The lowest BCUT2D eigenvalue weighted by Gasteiger charge is -2.04. The van der Waals surface area contributed by atoms with E-state index in [0.29, 0.717) is 0 Å². The molecule has 4 rings (SSSR count). The number of aromatic nitrogens is 3. The van der Waals surface area contributed by atoms with Crippen molar-refractivity contribution in [2.45, 2.75) is 0 Å². The average Bonchev–Trinajstić information content (AvgIpc) is 3.05. The molecule has 3 heteroatoms. The normalized spacial score (nSPS) is 11.3. The molecule has 4 aromatic rings. The van der Waals surface area contributed by atoms with Crippen LogP contribution >= 0.6 is 0 Å². The van der Waals surface area contributed by atoms with Crippen LogP contribution in [-0.4, -0.2) is 14.6 Å². The van der Waals surface area contributed by atoms with Crippen molar-refractivity contribution >= 4 is 16.4 Å². The molecule has 3 heterocycles. The van der Waals surface area contributed by atoms with Crippen molar-refractivity contribution in [2.24, 2.45) is 0 Å². The first-order chi connectivity index (χ1) is 8.92. The number of hydrogen-bond donors (Lipinski definition) is 1. The smallest absolute Gasteiger partial charge is 0.0667 e. The van der Waals surface area contributed by atoms with Crippen LogP contribution in [0.4, 0.5) is 0 Å². The fourth-order valence-electron chi connectivity index (χ4n) is 2.43. The lowest BCUT2D eigenvalue weighted by atomic mass is 10.0. The molecule has 0 saturated heterocycles. The molecule has 3 aromatic heterocycles. The number of H-pyrrole nitrogens is 1. The van der Waals surface area contributed by atoms with Crippen LogP contribution < -0.4 is 0 Å². The zero-order valence-electron chi connectivity index (χ0n) is 9.67. The molecule has 0 spiro atoms. The van der Waals surface area contributed by atoms with E-state index in [1.54, 1.807) is 0 Å². The van der Waals surface area contributed by atoms with Crippen molar-refractivity contribution in [1.82, 2.24) is 14.6 Å². The topological polar surface area (TPSA) is 33.1 Å². The largest absolute Gasteiger partial charge is 0.361 e. The molecular weight excluding hydrogens is 222 g/mol. The van der Waals surface area contributed by atoms with Crippen molar-refractivity contribution in [2.75, 3.05) is 0 Å². The Hall–Kier alpha value is -2.55. The van der Waals surface area contributed by atoms with Gasteiger partial charge in [-0.15, -0.1) is 0 Å². The SMILES string of the molecule is c1cc(-c2ccn3nccc3c2)c2cc[nH]c2c1. The van der Waals surface area contributed by atoms with Crippen molar-refractivity contribution in [3.8, 4) is 11.1 Å². The van der Waals surface area contributed by atoms with Gasteiger partial charge in [-0.3, -0.25) is 0 Å². The van der Waals surface area contributed by atoms with Crippen LogP contribution in [0.15, 0.2) is 61.1 Å². The Balaban J connectivity index is 2.03. The van der Waals surface area contributed by atoms with E-state index in [1.165, 1.54) is 22.0 Å². The minimum Gasteiger partial charge on any atom is -0.361 e. The first kappa shape index (κ1) is 9.48. The Labute approximate surface area is 104 Å². The summed E-state index contributed by atoms with van der Waals surface area (Å²) in [6, 6.07) is 14.7. The van der Waals surface area contributed by atoms with E-state index >= 15 is 0 Å². The molecule has 0 bridgehead atoms. The number of nitrogens with zero attached hydrogens (tertiary/aromatic N) is 2. The number of aromatic amines is 1. The number of rotatable bonds is 1. The van der Waals surface area contributed by atoms with Gasteiger partial charge in [0.05, 0.1) is 5.52 Å². The predicted octanol–water partition coefficient (Wildman–Crippen LogP) is 3.48. The molecule has 0 amide bonds. The molecule has 1 N–H and O–H groups in total. The maximum Gasteiger partial charge on any atom is 0.0667 e. The molecule has 0 aliphatic carbocycles. The van der Waals surface area contributed by atoms with E-state index in [0.717, 1.165) is 5.52 Å². The standard InChI is InChI=1S/C15H11N3/c1-2-13(14-5-7-16-15(14)3-1)11-6-9-18-12(10-11)4-8-17-18/h1-10,16H. The van der Waals surface area contributed by atoms with Crippen LogP contribution in [0.1, 0.15) is 0 Å². The van der Waals surface area contributed by atoms with Gasteiger partial charge in [0.2, 0.25) is 0 Å². The molecular formula is C15H11N3. The van der Waals surface area contributed by atoms with Gasteiger partial charge >= 0.3 is 0 Å². The van der Waals surface area contributed by atoms with E-state index in [4.69, 9.17) is 0 Å². The Morgan fingerprint density at radius 1 is 1.06 bits per heavy atom. The van der Waals surface area contributed by atoms with Crippen LogP contribution in [0.25, 0.3) is 27.5 Å². The maximum absolute atomic E-state index is 4.22. The summed E-state index contributed by atoms with van der Waals surface area (Å²) in [4.78, 5) is 3.24. The molecule has 0 radical (unpaired) electrons. The van der Waals surface area contributed by atoms with Crippen LogP contribution in [0, 0.1) is 0 Å². The predicted molar refractivity (Wildman–Crippen MR) is 72.5 cm³/mol. The van der Waals surface area contributed by atoms with Gasteiger partial charge < -0.3 is 4.98 Å². The summed E-state index contributed by atoms with van der Waals surface area (Å²) in [5.74, 6) is 0. The zero-order chi connectivity index (χ0) is 11.9. The van der Waals surface area contributed by atoms with Crippen molar-refractivity contribution < 1.29 is 0 Å². The number of benzene rings is 1. The molecule has 0 fully saturated rings. The highest BCUT2D eigenvalue weighted by Gasteiger charge is 2.05. The fourth-order valence-corrected chi connectivity index (χ4v) is 2.43. The van der Waals surface area contributed by atoms with Gasteiger partial charge in [0.1, 0.15) is 0 Å². The minimum absolute atomic E-state index is 1.11. The maximum atomic E-state index is 4.22. The third kappa shape index (κ3) is 1.27. The van der Waals surface area contributed by atoms with Crippen molar-refractivity contribution in [3.63, 3.8) is 0 Å². The molecule has 0 unspecified atom stereocenters. The lowest BCUT2D eigenvalue weighted by molar-refractivity contribution is 0.962. The highest BCUT2D eigenvalue weighted by Crippen LogP contribution is 2.28. The van der Waals surface area contributed by atoms with Crippen molar-refractivity contribution in [1.29, 1.82) is 0 Å². The molecule has 1 aromatic carbocycles. The van der Waals surface area contributed by atoms with Gasteiger partial charge in [0.25, 0.3) is 0 Å². The van der Waals surface area contributed by atoms with Crippen LogP contribution in [0.2, 0.25) is 0 Å². The van der Waals surface area contributed by atoms with Crippen LogP contribution in [0.3, 0.4) is 0 Å². The van der Waals surface area contributed by atoms with E-state index in [1.807, 2.05) is 29.2 Å². The minimum atomic E-state index is 1.11. The third-order valence-electron chi connectivity index (χ3n) is 3.31. The fraction of sp³-hybridized carbons (Fsp3) is 0. The summed E-state index contributed by atoms with van der Waals surface area (Å²) in [6.45, 7) is 0. The summed E-state index contributed by atoms with van der Waals surface area (Å²) in [6.07, 6.45) is 5.79. The van der Waals surface area contributed by atoms with E-state index < -0.39 is 0 Å². The highest BCUT2D eigenvalue weighted by molar-refractivity contribution is 5.95. The van der Waals surface area contributed by atoms with Gasteiger partial charge in [0.15, 0.2) is 0 Å². The van der Waals surface area contributed by atoms with E-state index in [9.17, 15) is 0 Å². The molecule has 0 aliphatic rings. The third-order valence-corrected chi connectivity index (χ3v) is 3.31. The summed E-state index contributed by atoms with van der Waals surface area (Å²) in [5.41, 5.74) is 4.74. The lowest BCUT2D eigenvalue weighted by Crippen LogP contribution is -1.86. The highest BCUT2D eigenvalue weighted by atomic mass is 15.2. The second-order valence-electron chi connectivity index (χ2n) is 4.36. The van der Waals surface area contributed by atoms with Crippen molar-refractivity contribution in [3.05, 3.63) is 61.1 Å². The van der Waals surface area contributed by atoms with Gasteiger partial charge in [0, 0.05) is 29.5 Å². The molecule has 0 saturated carbocycles. The summed E-state index contributed by atoms with van der Waals surface area (Å²) in [5, 5.41) is 5.47. The summed E-state index contributed by atoms with van der Waals surface area (Å²) >= 11 is 0. The Morgan fingerprint density at radius 2 is 2.06 bits per heavy atom. The first-order valence-corrected chi connectivity index (χ1v) is 5.92. The van der Waals surface area contributed by atoms with E-state index in [2.05, 4.69) is 46.5 Å². The number of hydrogen-bond acceptors (Lipinski definition) is 1. The second-order valence-corrected chi connectivity index (χ2v) is 4.36. The molecule has 0 aliphatic heterocycles. The van der Waals surface area contributed by atoms with Crippen LogP contribution in [-0.2, 0) is 0 Å². The quantitative estimate of drug-likeness (QED) is 0.536. The molecule has 86 valence electrons. The summed E-state index contributed by atoms with van der Waals surface area (Å²) < 4.78 is 1.88. The average molecular weight is 233 g/mol. The Morgan fingerprint density at radius 3 is 3.06 bits per heavy atom. The summed E-state index contributed by atoms with van der Waals surface area (Å²) in [7, 11) is 0.